The molecular formula is C14H19ClN2OS. The van der Waals surface area contributed by atoms with Crippen molar-refractivity contribution in [3.63, 3.8) is 0 Å². The molecule has 0 radical (unpaired) electrons. The first kappa shape index (κ1) is 14.5. The lowest BCUT2D eigenvalue weighted by molar-refractivity contribution is -0.131. The molecule has 0 aliphatic carbocycles. The fourth-order valence-electron chi connectivity index (χ4n) is 2.25. The maximum Gasteiger partial charge on any atom is 0.235 e. The average molecular weight is 299 g/mol. The number of anilines is 1. The summed E-state index contributed by atoms with van der Waals surface area (Å²) in [4.78, 5) is 15.1. The number of carbonyl (C=O) groups is 1. The number of hydrogen-bond acceptors (Lipinski definition) is 3. The predicted octanol–water partition coefficient (Wildman–Crippen LogP) is 3.42. The maximum absolute atomic E-state index is 12.3. The molecule has 19 heavy (non-hydrogen) atoms. The van der Waals surface area contributed by atoms with Crippen molar-refractivity contribution in [2.24, 2.45) is 0 Å². The number of nitrogens with zero attached hydrogens (tertiary/aromatic N) is 1. The lowest BCUT2D eigenvalue weighted by Gasteiger charge is -2.29. The van der Waals surface area contributed by atoms with Crippen molar-refractivity contribution in [3.05, 3.63) is 23.2 Å². The molecule has 104 valence electrons. The topological polar surface area (TPSA) is 46.3 Å². The predicted molar refractivity (Wildman–Crippen MR) is 81.6 cm³/mol. The van der Waals surface area contributed by atoms with E-state index in [4.69, 9.17) is 17.3 Å². The van der Waals surface area contributed by atoms with E-state index in [-0.39, 0.29) is 11.2 Å². The van der Waals surface area contributed by atoms with Gasteiger partial charge in [0.1, 0.15) is 0 Å². The second-order valence-electron chi connectivity index (χ2n) is 4.80. The van der Waals surface area contributed by atoms with E-state index in [1.54, 1.807) is 6.07 Å². The van der Waals surface area contributed by atoms with Crippen LogP contribution in [0, 0.1) is 0 Å². The fourth-order valence-corrected chi connectivity index (χ4v) is 3.55. The number of thioether (sulfide) groups is 1. The third-order valence-corrected chi connectivity index (χ3v) is 4.98. The van der Waals surface area contributed by atoms with Gasteiger partial charge in [0.15, 0.2) is 0 Å². The summed E-state index contributed by atoms with van der Waals surface area (Å²) in [5, 5.41) is 0.462. The highest BCUT2D eigenvalue weighted by atomic mass is 35.5. The monoisotopic (exact) mass is 298 g/mol. The van der Waals surface area contributed by atoms with Crippen LogP contribution in [0.2, 0.25) is 5.02 Å². The number of halogens is 1. The van der Waals surface area contributed by atoms with Gasteiger partial charge in [-0.05, 0) is 38.3 Å². The number of likely N-dealkylation sites (tertiary alicyclic amines) is 1. The van der Waals surface area contributed by atoms with Gasteiger partial charge >= 0.3 is 0 Å². The number of nitrogens with two attached hydrogens (primary N) is 1. The molecule has 1 aliphatic heterocycles. The average Bonchev–Trinajstić information content (AvgIpc) is 2.43. The molecule has 5 heteroatoms. The number of amides is 1. The van der Waals surface area contributed by atoms with Crippen LogP contribution in [0.1, 0.15) is 26.2 Å². The number of piperidine rings is 1. The van der Waals surface area contributed by atoms with Crippen molar-refractivity contribution in [2.75, 3.05) is 18.8 Å². The van der Waals surface area contributed by atoms with Crippen LogP contribution < -0.4 is 5.73 Å². The molecule has 1 amide bonds. The minimum Gasteiger partial charge on any atom is -0.398 e. The Bertz CT molecular complexity index is 441. The molecular weight excluding hydrogens is 280 g/mol. The normalized spacial score (nSPS) is 17.3. The summed E-state index contributed by atoms with van der Waals surface area (Å²) in [7, 11) is 0. The van der Waals surface area contributed by atoms with Crippen molar-refractivity contribution < 1.29 is 4.79 Å². The molecule has 1 saturated heterocycles. The second kappa shape index (κ2) is 6.53. The minimum absolute atomic E-state index is 0.153. The molecule has 1 heterocycles. The van der Waals surface area contributed by atoms with Crippen LogP contribution in [0.25, 0.3) is 0 Å². The molecule has 0 bridgehead atoms. The van der Waals surface area contributed by atoms with Crippen LogP contribution in [0.5, 0.6) is 0 Å². The van der Waals surface area contributed by atoms with E-state index < -0.39 is 0 Å². The van der Waals surface area contributed by atoms with Crippen LogP contribution in [0.15, 0.2) is 23.1 Å². The first-order valence-electron chi connectivity index (χ1n) is 6.59. The molecule has 1 unspecified atom stereocenters. The Morgan fingerprint density at radius 3 is 2.68 bits per heavy atom. The molecule has 1 fully saturated rings. The summed E-state index contributed by atoms with van der Waals surface area (Å²) >= 11 is 7.59. The fraction of sp³-hybridized carbons (Fsp3) is 0.500. The molecule has 2 rings (SSSR count). The second-order valence-corrected chi connectivity index (χ2v) is 6.56. The van der Waals surface area contributed by atoms with E-state index in [1.165, 1.54) is 18.2 Å². The van der Waals surface area contributed by atoms with Gasteiger partial charge in [0.25, 0.3) is 0 Å². The summed E-state index contributed by atoms with van der Waals surface area (Å²) in [6.45, 7) is 3.67. The molecule has 0 spiro atoms. The van der Waals surface area contributed by atoms with Gasteiger partial charge in [0.05, 0.1) is 10.3 Å². The van der Waals surface area contributed by atoms with Crippen molar-refractivity contribution in [2.45, 2.75) is 36.3 Å². The maximum atomic E-state index is 12.3. The third-order valence-electron chi connectivity index (χ3n) is 3.31. The quantitative estimate of drug-likeness (QED) is 0.687. The Morgan fingerprint density at radius 1 is 1.37 bits per heavy atom. The molecule has 1 aromatic carbocycles. The summed E-state index contributed by atoms with van der Waals surface area (Å²) < 4.78 is 0. The molecule has 0 saturated carbocycles. The Kier molecular flexibility index (Phi) is 4.99. The Morgan fingerprint density at radius 2 is 2.05 bits per heavy atom. The summed E-state index contributed by atoms with van der Waals surface area (Å²) in [5.41, 5.74) is 6.55. The molecule has 3 nitrogen and oxygen atoms in total. The van der Waals surface area contributed by atoms with Crippen LogP contribution in [0.3, 0.4) is 0 Å². The van der Waals surface area contributed by atoms with E-state index in [0.717, 1.165) is 30.8 Å². The van der Waals surface area contributed by atoms with Gasteiger partial charge in [-0.1, -0.05) is 17.7 Å². The SMILES string of the molecule is CC(Sc1c(N)cccc1Cl)C(=O)N1CCCCC1. The van der Waals surface area contributed by atoms with Crippen molar-refractivity contribution in [3.8, 4) is 0 Å². The van der Waals surface area contributed by atoms with Crippen molar-refractivity contribution >= 4 is 35.0 Å². The zero-order chi connectivity index (χ0) is 13.8. The van der Waals surface area contributed by atoms with E-state index in [1.807, 2.05) is 24.0 Å². The smallest absolute Gasteiger partial charge is 0.235 e. The van der Waals surface area contributed by atoms with Crippen LogP contribution in [-0.2, 0) is 4.79 Å². The van der Waals surface area contributed by atoms with Crippen molar-refractivity contribution in [1.82, 2.24) is 4.90 Å². The number of rotatable bonds is 3. The standard InChI is InChI=1S/C14H19ClN2OS/c1-10(14(18)17-8-3-2-4-9-17)19-13-11(15)6-5-7-12(13)16/h5-7,10H,2-4,8-9,16H2,1H3. The molecule has 1 aliphatic rings. The summed E-state index contributed by atoms with van der Waals surface area (Å²) in [6, 6.07) is 5.43. The van der Waals surface area contributed by atoms with Gasteiger partial charge < -0.3 is 10.6 Å². The highest BCUT2D eigenvalue weighted by molar-refractivity contribution is 8.00. The first-order valence-corrected chi connectivity index (χ1v) is 7.85. The molecule has 1 aromatic rings. The zero-order valence-corrected chi connectivity index (χ0v) is 12.6. The van der Waals surface area contributed by atoms with E-state index in [0.29, 0.717) is 10.7 Å². The lowest BCUT2D eigenvalue weighted by Crippen LogP contribution is -2.40. The summed E-state index contributed by atoms with van der Waals surface area (Å²) in [5.74, 6) is 0.184. The van der Waals surface area contributed by atoms with Crippen LogP contribution >= 0.6 is 23.4 Å². The van der Waals surface area contributed by atoms with Gasteiger partial charge in [-0.3, -0.25) is 4.79 Å². The number of benzene rings is 1. The highest BCUT2D eigenvalue weighted by Gasteiger charge is 2.24. The number of nitrogen functional groups attached to an aromatic ring is 1. The van der Waals surface area contributed by atoms with Gasteiger partial charge in [0, 0.05) is 23.7 Å². The van der Waals surface area contributed by atoms with E-state index in [9.17, 15) is 4.79 Å². The van der Waals surface area contributed by atoms with Gasteiger partial charge in [-0.2, -0.15) is 0 Å². The van der Waals surface area contributed by atoms with E-state index in [2.05, 4.69) is 0 Å². The largest absolute Gasteiger partial charge is 0.398 e. The van der Waals surface area contributed by atoms with Crippen LogP contribution in [-0.4, -0.2) is 29.1 Å². The molecule has 1 atom stereocenters. The van der Waals surface area contributed by atoms with Gasteiger partial charge in [-0.15, -0.1) is 11.8 Å². The van der Waals surface area contributed by atoms with Gasteiger partial charge in [-0.25, -0.2) is 0 Å². The Labute approximate surface area is 123 Å². The van der Waals surface area contributed by atoms with Crippen molar-refractivity contribution in [1.29, 1.82) is 0 Å². The molecule has 2 N–H and O–H groups in total. The Hall–Kier alpha value is -0.870. The zero-order valence-electron chi connectivity index (χ0n) is 11.1. The first-order chi connectivity index (χ1) is 9.09. The lowest BCUT2D eigenvalue weighted by atomic mass is 10.1. The third kappa shape index (κ3) is 3.57. The minimum atomic E-state index is -0.153. The highest BCUT2D eigenvalue weighted by Crippen LogP contribution is 2.35. The number of hydrogen-bond donors (Lipinski definition) is 1. The van der Waals surface area contributed by atoms with Crippen LogP contribution in [0.4, 0.5) is 5.69 Å². The molecule has 0 aromatic heterocycles. The Balaban J connectivity index is 2.03. The summed E-state index contributed by atoms with van der Waals surface area (Å²) in [6.07, 6.45) is 3.44. The van der Waals surface area contributed by atoms with E-state index >= 15 is 0 Å². The number of carbonyl (C=O) groups excluding carboxylic acids is 1. The van der Waals surface area contributed by atoms with Gasteiger partial charge in [0.2, 0.25) is 5.91 Å².